The van der Waals surface area contributed by atoms with Crippen molar-refractivity contribution in [3.8, 4) is 11.3 Å². The molecule has 7 heteroatoms. The van der Waals surface area contributed by atoms with Crippen LogP contribution in [0.5, 0.6) is 0 Å². The Labute approximate surface area is 150 Å². The molecule has 1 amide bonds. The van der Waals surface area contributed by atoms with Crippen LogP contribution >= 0.6 is 0 Å². The summed E-state index contributed by atoms with van der Waals surface area (Å²) in [7, 11) is 0. The number of oxazole rings is 1. The van der Waals surface area contributed by atoms with Gasteiger partial charge in [-0.25, -0.2) is 9.97 Å². The average molecular weight is 352 g/mol. The molecule has 2 N–H and O–H groups in total. The zero-order valence-electron chi connectivity index (χ0n) is 14.2. The molecule has 1 fully saturated rings. The number of nitrogens with one attached hydrogen (secondary N) is 1. The number of aliphatic hydroxyl groups excluding tert-OH is 1. The van der Waals surface area contributed by atoms with Gasteiger partial charge in [0.05, 0.1) is 24.7 Å². The molecule has 1 unspecified atom stereocenters. The van der Waals surface area contributed by atoms with Crippen LogP contribution in [0.4, 0.5) is 0 Å². The van der Waals surface area contributed by atoms with Crippen molar-refractivity contribution >= 4 is 5.91 Å². The van der Waals surface area contributed by atoms with Crippen molar-refractivity contribution in [3.05, 3.63) is 61.1 Å². The first-order chi connectivity index (χ1) is 12.7. The lowest BCUT2D eigenvalue weighted by molar-refractivity contribution is 0.0873. The van der Waals surface area contributed by atoms with Crippen molar-refractivity contribution in [2.75, 3.05) is 0 Å². The number of rotatable bonds is 5. The molecule has 0 radical (unpaired) electrons. The van der Waals surface area contributed by atoms with Crippen LogP contribution in [0.25, 0.3) is 11.3 Å². The standard InChI is InChI=1S/C19H20N4O3/c24-17-7-13(10-23-5-4-20-11-23)6-16(17)22-19(25)15-3-1-2-14(8-15)18-9-21-12-26-18/h1-5,8-9,11-13,16-17,24H,6-7,10H2,(H,22,25)/t13?,16-,17-/m1/s1. The second-order valence-corrected chi connectivity index (χ2v) is 6.69. The summed E-state index contributed by atoms with van der Waals surface area (Å²) in [6, 6.07) is 6.94. The summed E-state index contributed by atoms with van der Waals surface area (Å²) < 4.78 is 7.28. The molecule has 26 heavy (non-hydrogen) atoms. The number of amides is 1. The minimum absolute atomic E-state index is 0.196. The first-order valence-corrected chi connectivity index (χ1v) is 8.62. The number of imidazole rings is 1. The van der Waals surface area contributed by atoms with Crippen molar-refractivity contribution in [1.29, 1.82) is 0 Å². The van der Waals surface area contributed by atoms with Crippen molar-refractivity contribution < 1.29 is 14.3 Å². The molecule has 3 atom stereocenters. The van der Waals surface area contributed by atoms with Crippen molar-refractivity contribution in [2.45, 2.75) is 31.5 Å². The Kier molecular flexibility index (Phi) is 4.53. The third-order valence-electron chi connectivity index (χ3n) is 4.81. The molecule has 4 rings (SSSR count). The van der Waals surface area contributed by atoms with Gasteiger partial charge in [0.1, 0.15) is 0 Å². The fraction of sp³-hybridized carbons (Fsp3) is 0.316. The number of nitrogens with zero attached hydrogens (tertiary/aromatic N) is 3. The lowest BCUT2D eigenvalue weighted by Gasteiger charge is -2.16. The van der Waals surface area contributed by atoms with Crippen LogP contribution in [0.3, 0.4) is 0 Å². The third-order valence-corrected chi connectivity index (χ3v) is 4.81. The summed E-state index contributed by atoms with van der Waals surface area (Å²) >= 11 is 0. The molecule has 0 bridgehead atoms. The first-order valence-electron chi connectivity index (χ1n) is 8.62. The highest BCUT2D eigenvalue weighted by molar-refractivity contribution is 5.95. The van der Waals surface area contributed by atoms with Crippen LogP contribution in [-0.4, -0.2) is 37.7 Å². The van der Waals surface area contributed by atoms with Gasteiger partial charge in [-0.05, 0) is 30.9 Å². The quantitative estimate of drug-likeness (QED) is 0.733. The number of carbonyl (C=O) groups is 1. The van der Waals surface area contributed by atoms with Gasteiger partial charge in [0, 0.05) is 30.1 Å². The highest BCUT2D eigenvalue weighted by Crippen LogP contribution is 2.28. The maximum Gasteiger partial charge on any atom is 0.251 e. The van der Waals surface area contributed by atoms with E-state index in [0.717, 1.165) is 18.5 Å². The molecule has 134 valence electrons. The Balaban J connectivity index is 1.41. The van der Waals surface area contributed by atoms with Crippen LogP contribution in [0.2, 0.25) is 0 Å². The van der Waals surface area contributed by atoms with Gasteiger partial charge in [-0.15, -0.1) is 0 Å². The number of hydrogen-bond acceptors (Lipinski definition) is 5. The van der Waals surface area contributed by atoms with Crippen molar-refractivity contribution in [2.24, 2.45) is 5.92 Å². The summed E-state index contributed by atoms with van der Waals surface area (Å²) in [5.74, 6) is 0.727. The smallest absolute Gasteiger partial charge is 0.251 e. The van der Waals surface area contributed by atoms with E-state index in [0.29, 0.717) is 23.7 Å². The Bertz CT molecular complexity index is 861. The van der Waals surface area contributed by atoms with Gasteiger partial charge >= 0.3 is 0 Å². The zero-order valence-corrected chi connectivity index (χ0v) is 14.2. The predicted molar refractivity (Wildman–Crippen MR) is 94.2 cm³/mol. The SMILES string of the molecule is O=C(N[C@@H]1CC(Cn2ccnc2)C[C@H]1O)c1cccc(-c2cnco2)c1. The van der Waals surface area contributed by atoms with E-state index >= 15 is 0 Å². The topological polar surface area (TPSA) is 93.2 Å². The summed E-state index contributed by atoms with van der Waals surface area (Å²) in [4.78, 5) is 20.5. The van der Waals surface area contributed by atoms with E-state index in [9.17, 15) is 9.90 Å². The number of carbonyl (C=O) groups excluding carboxylic acids is 1. The number of hydrogen-bond donors (Lipinski definition) is 2. The summed E-state index contributed by atoms with van der Waals surface area (Å²) in [6.07, 6.45) is 9.27. The summed E-state index contributed by atoms with van der Waals surface area (Å²) in [5, 5.41) is 13.3. The molecule has 2 heterocycles. The Morgan fingerprint density at radius 2 is 2.27 bits per heavy atom. The van der Waals surface area contributed by atoms with Crippen LogP contribution in [-0.2, 0) is 6.54 Å². The Morgan fingerprint density at radius 3 is 3.04 bits per heavy atom. The largest absolute Gasteiger partial charge is 0.444 e. The Hall–Kier alpha value is -2.93. The molecule has 2 aromatic heterocycles. The van der Waals surface area contributed by atoms with Gasteiger partial charge in [-0.1, -0.05) is 12.1 Å². The van der Waals surface area contributed by atoms with Gasteiger partial charge in [-0.3, -0.25) is 4.79 Å². The van der Waals surface area contributed by atoms with E-state index < -0.39 is 6.10 Å². The number of aliphatic hydroxyl groups is 1. The van der Waals surface area contributed by atoms with Gasteiger partial charge in [0.15, 0.2) is 12.2 Å². The minimum Gasteiger partial charge on any atom is -0.444 e. The molecule has 7 nitrogen and oxygen atoms in total. The van der Waals surface area contributed by atoms with Crippen LogP contribution < -0.4 is 5.32 Å². The average Bonchev–Trinajstić information content (AvgIpc) is 3.39. The van der Waals surface area contributed by atoms with E-state index in [-0.39, 0.29) is 11.9 Å². The van der Waals surface area contributed by atoms with Gasteiger partial charge in [0.2, 0.25) is 0 Å². The Morgan fingerprint density at radius 1 is 1.35 bits per heavy atom. The molecule has 0 aliphatic heterocycles. The molecule has 1 saturated carbocycles. The monoisotopic (exact) mass is 352 g/mol. The van der Waals surface area contributed by atoms with Gasteiger partial charge < -0.3 is 19.4 Å². The maximum atomic E-state index is 12.6. The van der Waals surface area contributed by atoms with E-state index in [4.69, 9.17) is 4.42 Å². The highest BCUT2D eigenvalue weighted by atomic mass is 16.3. The molecule has 1 aliphatic rings. The third kappa shape index (κ3) is 3.52. The van der Waals surface area contributed by atoms with Crippen LogP contribution in [0.15, 0.2) is 60.0 Å². The van der Waals surface area contributed by atoms with E-state index in [1.54, 1.807) is 36.9 Å². The van der Waals surface area contributed by atoms with Crippen molar-refractivity contribution in [1.82, 2.24) is 19.9 Å². The number of aromatic nitrogens is 3. The van der Waals surface area contributed by atoms with E-state index in [1.165, 1.54) is 6.39 Å². The molecule has 1 aliphatic carbocycles. The fourth-order valence-electron chi connectivity index (χ4n) is 3.54. The second-order valence-electron chi connectivity index (χ2n) is 6.69. The molecular formula is C19H20N4O3. The first kappa shape index (κ1) is 16.5. The maximum absolute atomic E-state index is 12.6. The second kappa shape index (κ2) is 7.13. The zero-order chi connectivity index (χ0) is 17.9. The van der Waals surface area contributed by atoms with Crippen LogP contribution in [0, 0.1) is 5.92 Å². The molecule has 0 spiro atoms. The molecule has 3 aromatic rings. The molecule has 1 aromatic carbocycles. The lowest BCUT2D eigenvalue weighted by Crippen LogP contribution is -2.39. The molecular weight excluding hydrogens is 332 g/mol. The molecule has 0 saturated heterocycles. The number of benzene rings is 1. The van der Waals surface area contributed by atoms with E-state index in [2.05, 4.69) is 15.3 Å². The van der Waals surface area contributed by atoms with Gasteiger partial charge in [-0.2, -0.15) is 0 Å². The van der Waals surface area contributed by atoms with E-state index in [1.807, 2.05) is 16.8 Å². The fourth-order valence-corrected chi connectivity index (χ4v) is 3.54. The normalized spacial score (nSPS) is 22.4. The predicted octanol–water partition coefficient (Wildman–Crippen LogP) is 2.11. The summed E-state index contributed by atoms with van der Waals surface area (Å²) in [5.41, 5.74) is 1.32. The summed E-state index contributed by atoms with van der Waals surface area (Å²) in [6.45, 7) is 0.796. The highest BCUT2D eigenvalue weighted by Gasteiger charge is 2.34. The van der Waals surface area contributed by atoms with Crippen molar-refractivity contribution in [3.63, 3.8) is 0 Å². The van der Waals surface area contributed by atoms with Crippen LogP contribution in [0.1, 0.15) is 23.2 Å². The van der Waals surface area contributed by atoms with Gasteiger partial charge in [0.25, 0.3) is 5.91 Å². The lowest BCUT2D eigenvalue weighted by atomic mass is 10.1. The minimum atomic E-state index is -0.537.